The highest BCUT2D eigenvalue weighted by Gasteiger charge is 2.19. The second-order valence-electron chi connectivity index (χ2n) is 4.76. The number of carbonyl (C=O) groups excluding carboxylic acids is 1. The first-order valence-corrected chi connectivity index (χ1v) is 8.24. The summed E-state index contributed by atoms with van der Waals surface area (Å²) in [5, 5.41) is 2.59. The molecule has 0 radical (unpaired) electrons. The van der Waals surface area contributed by atoms with Crippen molar-refractivity contribution in [1.82, 2.24) is 5.32 Å². The van der Waals surface area contributed by atoms with Crippen molar-refractivity contribution in [1.29, 1.82) is 0 Å². The van der Waals surface area contributed by atoms with E-state index in [0.29, 0.717) is 11.5 Å². The minimum absolute atomic E-state index is 0.153. The first kappa shape index (κ1) is 17.1. The Bertz CT molecular complexity index is 628. The Hall–Kier alpha value is -1.96. The van der Waals surface area contributed by atoms with E-state index in [9.17, 15) is 13.2 Å². The minimum Gasteiger partial charge on any atom is -0.497 e. The van der Waals surface area contributed by atoms with E-state index in [0.717, 1.165) is 6.26 Å². The second kappa shape index (κ2) is 6.66. The molecule has 21 heavy (non-hydrogen) atoms. The number of sulfone groups is 1. The number of rotatable bonds is 6. The summed E-state index contributed by atoms with van der Waals surface area (Å²) in [7, 11) is -0.295. The van der Waals surface area contributed by atoms with Crippen molar-refractivity contribution in [3.8, 4) is 11.5 Å². The van der Waals surface area contributed by atoms with Gasteiger partial charge in [0.1, 0.15) is 21.3 Å². The Morgan fingerprint density at radius 2 is 1.95 bits per heavy atom. The molecule has 1 amide bonds. The van der Waals surface area contributed by atoms with Gasteiger partial charge in [0.05, 0.1) is 31.2 Å². The van der Waals surface area contributed by atoms with Crippen LogP contribution >= 0.6 is 0 Å². The Balaban J connectivity index is 3.02. The number of methoxy groups -OCH3 is 2. The van der Waals surface area contributed by atoms with Crippen LogP contribution in [0, 0.1) is 0 Å². The molecule has 1 rings (SSSR count). The molecule has 0 saturated carbocycles. The van der Waals surface area contributed by atoms with E-state index in [1.54, 1.807) is 13.0 Å². The van der Waals surface area contributed by atoms with Crippen molar-refractivity contribution in [2.75, 3.05) is 32.0 Å². The average Bonchev–Trinajstić information content (AvgIpc) is 2.36. The number of hydrogen-bond acceptors (Lipinski definition) is 6. The van der Waals surface area contributed by atoms with Gasteiger partial charge in [-0.25, -0.2) is 8.42 Å². The molecule has 3 N–H and O–H groups in total. The van der Waals surface area contributed by atoms with E-state index in [4.69, 9.17) is 15.2 Å². The number of ether oxygens (including phenoxy) is 2. The fraction of sp³-hybridized carbons (Fsp3) is 0.462. The quantitative estimate of drug-likeness (QED) is 0.738. The second-order valence-corrected chi connectivity index (χ2v) is 6.94. The highest BCUT2D eigenvalue weighted by atomic mass is 32.2. The van der Waals surface area contributed by atoms with Crippen LogP contribution in [-0.4, -0.2) is 46.6 Å². The third kappa shape index (κ3) is 4.82. The Kier molecular flexibility index (Phi) is 5.42. The lowest BCUT2D eigenvalue weighted by atomic mass is 10.1. The summed E-state index contributed by atoms with van der Waals surface area (Å²) in [6, 6.07) is 2.50. The molecule has 1 atom stereocenters. The zero-order chi connectivity index (χ0) is 16.2. The molecule has 1 aromatic rings. The summed E-state index contributed by atoms with van der Waals surface area (Å²) < 4.78 is 32.6. The highest BCUT2D eigenvalue weighted by molar-refractivity contribution is 7.90. The normalized spacial score (nSPS) is 12.6. The summed E-state index contributed by atoms with van der Waals surface area (Å²) in [6.45, 7) is 1.60. The van der Waals surface area contributed by atoms with E-state index in [1.807, 2.05) is 0 Å². The lowest BCUT2D eigenvalue weighted by Gasteiger charge is -2.16. The van der Waals surface area contributed by atoms with Crippen LogP contribution in [0.3, 0.4) is 0 Å². The van der Waals surface area contributed by atoms with Gasteiger partial charge in [-0.3, -0.25) is 4.79 Å². The monoisotopic (exact) mass is 316 g/mol. The number of anilines is 1. The van der Waals surface area contributed by atoms with Gasteiger partial charge in [-0.2, -0.15) is 0 Å². The van der Waals surface area contributed by atoms with Crippen LogP contribution in [0.25, 0.3) is 0 Å². The van der Waals surface area contributed by atoms with Gasteiger partial charge >= 0.3 is 0 Å². The van der Waals surface area contributed by atoms with Crippen molar-refractivity contribution in [3.63, 3.8) is 0 Å². The van der Waals surface area contributed by atoms with Gasteiger partial charge in [-0.15, -0.1) is 0 Å². The van der Waals surface area contributed by atoms with Crippen LogP contribution in [0.5, 0.6) is 11.5 Å². The van der Waals surface area contributed by atoms with Crippen LogP contribution in [0.2, 0.25) is 0 Å². The number of amides is 1. The van der Waals surface area contributed by atoms with Crippen molar-refractivity contribution < 1.29 is 22.7 Å². The van der Waals surface area contributed by atoms with Crippen molar-refractivity contribution in [3.05, 3.63) is 17.7 Å². The van der Waals surface area contributed by atoms with Crippen molar-refractivity contribution in [2.45, 2.75) is 13.0 Å². The van der Waals surface area contributed by atoms with Gasteiger partial charge in [0, 0.05) is 18.4 Å². The summed E-state index contributed by atoms with van der Waals surface area (Å²) in [5.74, 6) is 0.0952. The maximum absolute atomic E-state index is 12.2. The molecule has 0 spiro atoms. The fourth-order valence-electron chi connectivity index (χ4n) is 1.87. The molecule has 0 aliphatic carbocycles. The molecule has 0 aliphatic rings. The zero-order valence-electron chi connectivity index (χ0n) is 12.5. The molecule has 0 saturated heterocycles. The predicted octanol–water partition coefficient (Wildman–Crippen LogP) is 0.449. The first-order chi connectivity index (χ1) is 9.67. The van der Waals surface area contributed by atoms with E-state index in [2.05, 4.69) is 5.32 Å². The smallest absolute Gasteiger partial charge is 0.253 e. The first-order valence-electron chi connectivity index (χ1n) is 6.18. The maximum atomic E-state index is 12.2. The highest BCUT2D eigenvalue weighted by Crippen LogP contribution is 2.30. The number of nitrogen functional groups attached to an aromatic ring is 1. The van der Waals surface area contributed by atoms with Crippen LogP contribution in [0.4, 0.5) is 5.69 Å². The van der Waals surface area contributed by atoms with Gasteiger partial charge in [-0.1, -0.05) is 0 Å². The van der Waals surface area contributed by atoms with Crippen LogP contribution in [-0.2, 0) is 9.84 Å². The third-order valence-electron chi connectivity index (χ3n) is 2.75. The molecule has 1 aromatic carbocycles. The van der Waals surface area contributed by atoms with Crippen molar-refractivity contribution in [2.24, 2.45) is 0 Å². The molecule has 0 fully saturated rings. The van der Waals surface area contributed by atoms with Crippen molar-refractivity contribution >= 4 is 21.4 Å². The standard InChI is InChI=1S/C13H20N2O5S/c1-8(7-21(4,17)18)15-13(16)10-5-9(19-2)6-11(20-3)12(10)14/h5-6,8H,7,14H2,1-4H3,(H,15,16). The molecule has 1 unspecified atom stereocenters. The zero-order valence-corrected chi connectivity index (χ0v) is 13.3. The molecular weight excluding hydrogens is 296 g/mol. The third-order valence-corrected chi connectivity index (χ3v) is 3.85. The summed E-state index contributed by atoms with van der Waals surface area (Å²) >= 11 is 0. The average molecular weight is 316 g/mol. The van der Waals surface area contributed by atoms with E-state index >= 15 is 0 Å². The maximum Gasteiger partial charge on any atom is 0.253 e. The molecule has 118 valence electrons. The lowest BCUT2D eigenvalue weighted by Crippen LogP contribution is -2.37. The number of hydrogen-bond donors (Lipinski definition) is 2. The molecule has 0 aliphatic heterocycles. The molecular formula is C13H20N2O5S. The van der Waals surface area contributed by atoms with Crippen LogP contribution < -0.4 is 20.5 Å². The number of benzene rings is 1. The topological polar surface area (TPSA) is 108 Å². The SMILES string of the molecule is COc1cc(OC)c(N)c(C(=O)NC(C)CS(C)(=O)=O)c1. The molecule has 0 bridgehead atoms. The largest absolute Gasteiger partial charge is 0.497 e. The van der Waals surface area contributed by atoms with Gasteiger partial charge < -0.3 is 20.5 Å². The van der Waals surface area contributed by atoms with E-state index in [1.165, 1.54) is 20.3 Å². The molecule has 8 heteroatoms. The Morgan fingerprint density at radius 3 is 2.43 bits per heavy atom. The van der Waals surface area contributed by atoms with Crippen LogP contribution in [0.15, 0.2) is 12.1 Å². The summed E-state index contributed by atoms with van der Waals surface area (Å²) in [6.07, 6.45) is 1.11. The van der Waals surface area contributed by atoms with E-state index in [-0.39, 0.29) is 17.0 Å². The summed E-state index contributed by atoms with van der Waals surface area (Å²) in [4.78, 5) is 12.2. The van der Waals surface area contributed by atoms with Crippen LogP contribution in [0.1, 0.15) is 17.3 Å². The van der Waals surface area contributed by atoms with Gasteiger partial charge in [0.15, 0.2) is 0 Å². The van der Waals surface area contributed by atoms with Gasteiger partial charge in [0.25, 0.3) is 5.91 Å². The Labute approximate surface area is 124 Å². The lowest BCUT2D eigenvalue weighted by molar-refractivity contribution is 0.0944. The minimum atomic E-state index is -3.18. The fourth-order valence-corrected chi connectivity index (χ4v) is 2.86. The number of carbonyl (C=O) groups is 1. The predicted molar refractivity (Wildman–Crippen MR) is 80.6 cm³/mol. The number of nitrogens with one attached hydrogen (secondary N) is 1. The molecule has 7 nitrogen and oxygen atoms in total. The van der Waals surface area contributed by atoms with E-state index < -0.39 is 21.8 Å². The molecule has 0 heterocycles. The van der Waals surface area contributed by atoms with Gasteiger partial charge in [-0.05, 0) is 13.0 Å². The number of nitrogens with two attached hydrogens (primary N) is 1. The van der Waals surface area contributed by atoms with Gasteiger partial charge in [0.2, 0.25) is 0 Å². The summed E-state index contributed by atoms with van der Waals surface area (Å²) in [5.41, 5.74) is 6.20. The molecule has 0 aromatic heterocycles. The Morgan fingerprint density at radius 1 is 1.33 bits per heavy atom.